The van der Waals surface area contributed by atoms with Gasteiger partial charge in [-0.05, 0) is 45.6 Å². The molecular weight excluding hydrogens is 276 g/mol. The Kier molecular flexibility index (Phi) is 5.24. The predicted molar refractivity (Wildman–Crippen MR) is 88.7 cm³/mol. The van der Waals surface area contributed by atoms with E-state index in [0.717, 1.165) is 19.4 Å². The molecule has 1 aliphatic rings. The van der Waals surface area contributed by atoms with E-state index in [9.17, 15) is 9.90 Å². The molecule has 1 aliphatic heterocycles. The normalized spacial score (nSPS) is 22.9. The highest BCUT2D eigenvalue weighted by atomic mass is 16.3. The second-order valence-corrected chi connectivity index (χ2v) is 7.27. The van der Waals surface area contributed by atoms with Gasteiger partial charge in [0.15, 0.2) is 5.60 Å². The highest BCUT2D eigenvalue weighted by Gasteiger charge is 2.42. The number of rotatable bonds is 5. The number of hydrogen-bond acceptors (Lipinski definition) is 3. The fourth-order valence-electron chi connectivity index (χ4n) is 2.76. The zero-order chi connectivity index (χ0) is 16.2. The number of carbonyl (C=O) groups is 1. The number of piperidine rings is 1. The summed E-state index contributed by atoms with van der Waals surface area (Å²) >= 11 is 0. The highest BCUT2D eigenvalue weighted by molar-refractivity contribution is 5.86. The average Bonchev–Trinajstić information content (AvgIpc) is 2.47. The maximum Gasteiger partial charge on any atom is 0.255 e. The van der Waals surface area contributed by atoms with E-state index in [-0.39, 0.29) is 11.4 Å². The third-order valence-corrected chi connectivity index (χ3v) is 4.13. The Morgan fingerprint density at radius 2 is 1.95 bits per heavy atom. The van der Waals surface area contributed by atoms with Gasteiger partial charge in [-0.1, -0.05) is 30.3 Å². The molecule has 0 aromatic heterocycles. The first-order valence-electron chi connectivity index (χ1n) is 8.11. The van der Waals surface area contributed by atoms with E-state index < -0.39 is 5.60 Å². The summed E-state index contributed by atoms with van der Waals surface area (Å²) in [5.74, 6) is -0.133. The van der Waals surface area contributed by atoms with Crippen molar-refractivity contribution in [2.75, 3.05) is 19.6 Å². The Morgan fingerprint density at radius 3 is 2.59 bits per heavy atom. The molecule has 1 aromatic rings. The molecule has 4 heteroatoms. The summed E-state index contributed by atoms with van der Waals surface area (Å²) in [4.78, 5) is 14.4. The molecule has 0 aliphatic carbocycles. The van der Waals surface area contributed by atoms with Gasteiger partial charge >= 0.3 is 0 Å². The fraction of sp³-hybridized carbons (Fsp3) is 0.611. The number of nitrogens with zero attached hydrogens (tertiary/aromatic N) is 1. The molecule has 1 amide bonds. The minimum absolute atomic E-state index is 0.109. The van der Waals surface area contributed by atoms with Crippen molar-refractivity contribution in [3.8, 4) is 0 Å². The number of β-amino-alcohol motifs (C(OH)–C–C–N with tert-alkyl or cyclic N) is 1. The molecule has 122 valence electrons. The lowest BCUT2D eigenvalue weighted by molar-refractivity contribution is -0.156. The number of likely N-dealkylation sites (tertiary alicyclic amines) is 1. The number of amides is 1. The van der Waals surface area contributed by atoms with Crippen LogP contribution in [0.3, 0.4) is 0 Å². The van der Waals surface area contributed by atoms with Crippen LogP contribution in [0.25, 0.3) is 0 Å². The minimum Gasteiger partial charge on any atom is -0.379 e. The lowest BCUT2D eigenvalue weighted by Crippen LogP contribution is -2.60. The third kappa shape index (κ3) is 4.55. The van der Waals surface area contributed by atoms with Crippen molar-refractivity contribution in [1.29, 1.82) is 0 Å². The van der Waals surface area contributed by atoms with E-state index in [1.807, 2.05) is 39.0 Å². The molecule has 1 heterocycles. The third-order valence-electron chi connectivity index (χ3n) is 4.13. The van der Waals surface area contributed by atoms with Gasteiger partial charge in [0.05, 0.1) is 0 Å². The van der Waals surface area contributed by atoms with Crippen molar-refractivity contribution in [3.05, 3.63) is 35.9 Å². The van der Waals surface area contributed by atoms with Gasteiger partial charge in [-0.3, -0.25) is 4.79 Å². The molecule has 2 rings (SSSR count). The number of carbonyl (C=O) groups excluding carboxylic acids is 1. The Hall–Kier alpha value is -1.39. The second kappa shape index (κ2) is 6.80. The quantitative estimate of drug-likeness (QED) is 0.874. The fourth-order valence-corrected chi connectivity index (χ4v) is 2.76. The molecule has 0 radical (unpaired) electrons. The zero-order valence-electron chi connectivity index (χ0n) is 13.9. The van der Waals surface area contributed by atoms with Crippen molar-refractivity contribution in [3.63, 3.8) is 0 Å². The lowest BCUT2D eigenvalue weighted by atomic mass is 9.90. The summed E-state index contributed by atoms with van der Waals surface area (Å²) in [7, 11) is 0. The molecule has 4 nitrogen and oxygen atoms in total. The van der Waals surface area contributed by atoms with Crippen LogP contribution in [0.5, 0.6) is 0 Å². The van der Waals surface area contributed by atoms with E-state index in [0.29, 0.717) is 19.5 Å². The van der Waals surface area contributed by atoms with Gasteiger partial charge in [-0.15, -0.1) is 0 Å². The van der Waals surface area contributed by atoms with Crippen LogP contribution in [0.2, 0.25) is 0 Å². The highest BCUT2D eigenvalue weighted by Crippen LogP contribution is 2.23. The number of hydrogen-bond donors (Lipinski definition) is 2. The molecule has 0 bridgehead atoms. The van der Waals surface area contributed by atoms with E-state index in [1.54, 1.807) is 4.90 Å². The topological polar surface area (TPSA) is 52.6 Å². The van der Waals surface area contributed by atoms with Gasteiger partial charge in [0.25, 0.3) is 5.91 Å². The SMILES string of the molecule is CC(C)(C)NCC1(O)CCCN(CCc2ccccc2)C1=O. The minimum atomic E-state index is -1.26. The lowest BCUT2D eigenvalue weighted by Gasteiger charge is -2.39. The maximum absolute atomic E-state index is 12.6. The second-order valence-electron chi connectivity index (χ2n) is 7.27. The van der Waals surface area contributed by atoms with Crippen molar-refractivity contribution in [2.24, 2.45) is 0 Å². The summed E-state index contributed by atoms with van der Waals surface area (Å²) in [6.45, 7) is 7.84. The first-order valence-corrected chi connectivity index (χ1v) is 8.11. The Balaban J connectivity index is 1.94. The van der Waals surface area contributed by atoms with E-state index in [2.05, 4.69) is 17.4 Å². The van der Waals surface area contributed by atoms with Crippen LogP contribution in [0.15, 0.2) is 30.3 Å². The summed E-state index contributed by atoms with van der Waals surface area (Å²) in [5, 5.41) is 14.0. The van der Waals surface area contributed by atoms with Gasteiger partial charge in [0, 0.05) is 25.2 Å². The predicted octanol–water partition coefficient (Wildman–Crippen LogP) is 1.97. The van der Waals surface area contributed by atoms with E-state index in [1.165, 1.54) is 5.56 Å². The molecule has 0 spiro atoms. The van der Waals surface area contributed by atoms with Crippen molar-refractivity contribution >= 4 is 5.91 Å². The van der Waals surface area contributed by atoms with Crippen LogP contribution in [-0.2, 0) is 11.2 Å². The summed E-state index contributed by atoms with van der Waals surface area (Å²) in [5.41, 5.74) is -0.151. The number of nitrogens with one attached hydrogen (secondary N) is 1. The average molecular weight is 304 g/mol. The Labute approximate surface area is 133 Å². The van der Waals surface area contributed by atoms with Crippen LogP contribution in [0.4, 0.5) is 0 Å². The van der Waals surface area contributed by atoms with Crippen molar-refractivity contribution < 1.29 is 9.90 Å². The summed E-state index contributed by atoms with van der Waals surface area (Å²) < 4.78 is 0. The largest absolute Gasteiger partial charge is 0.379 e. The first kappa shape index (κ1) is 17.0. The monoisotopic (exact) mass is 304 g/mol. The summed E-state index contributed by atoms with van der Waals surface area (Å²) in [6, 6.07) is 10.2. The first-order chi connectivity index (χ1) is 10.3. The van der Waals surface area contributed by atoms with E-state index >= 15 is 0 Å². The van der Waals surface area contributed by atoms with Crippen molar-refractivity contribution in [1.82, 2.24) is 10.2 Å². The van der Waals surface area contributed by atoms with Gasteiger partial charge in [-0.25, -0.2) is 0 Å². The smallest absolute Gasteiger partial charge is 0.255 e. The molecule has 22 heavy (non-hydrogen) atoms. The van der Waals surface area contributed by atoms with Crippen molar-refractivity contribution in [2.45, 2.75) is 51.2 Å². The van der Waals surface area contributed by atoms with Gasteiger partial charge in [-0.2, -0.15) is 0 Å². The van der Waals surface area contributed by atoms with Crippen LogP contribution < -0.4 is 5.32 Å². The molecule has 1 atom stereocenters. The van der Waals surface area contributed by atoms with Gasteiger partial charge in [0.2, 0.25) is 0 Å². The van der Waals surface area contributed by atoms with Gasteiger partial charge in [0.1, 0.15) is 0 Å². The molecule has 1 unspecified atom stereocenters. The molecular formula is C18H28N2O2. The molecule has 1 saturated heterocycles. The molecule has 1 aromatic carbocycles. The van der Waals surface area contributed by atoms with Crippen LogP contribution in [0, 0.1) is 0 Å². The standard InChI is InChI=1S/C18H28N2O2/c1-17(2,3)19-14-18(22)11-7-12-20(16(18)21)13-10-15-8-5-4-6-9-15/h4-6,8-9,19,22H,7,10-14H2,1-3H3. The Bertz CT molecular complexity index is 496. The summed E-state index contributed by atoms with van der Waals surface area (Å²) in [6.07, 6.45) is 2.22. The van der Waals surface area contributed by atoms with Crippen LogP contribution in [0.1, 0.15) is 39.2 Å². The molecule has 2 N–H and O–H groups in total. The van der Waals surface area contributed by atoms with Crippen LogP contribution >= 0.6 is 0 Å². The number of benzene rings is 1. The zero-order valence-corrected chi connectivity index (χ0v) is 13.9. The van der Waals surface area contributed by atoms with Crippen LogP contribution in [-0.4, -0.2) is 46.7 Å². The molecule has 0 saturated carbocycles. The van der Waals surface area contributed by atoms with E-state index in [4.69, 9.17) is 0 Å². The molecule has 1 fully saturated rings. The maximum atomic E-state index is 12.6. The van der Waals surface area contributed by atoms with Gasteiger partial charge < -0.3 is 15.3 Å². The number of aliphatic hydroxyl groups is 1. The Morgan fingerprint density at radius 1 is 1.27 bits per heavy atom.